The SMILES string of the molecule is CC(C)Cc1c2c(cc3ccccc13)-c1nccc3c1c(cc1cccc(CC(C)(C)C)c13)S2. The zero-order valence-electron chi connectivity index (χ0n) is 20.7. The van der Waals surface area contributed by atoms with Gasteiger partial charge >= 0.3 is 0 Å². The molecule has 0 fully saturated rings. The monoisotopic (exact) mass is 461 g/mol. The van der Waals surface area contributed by atoms with Crippen LogP contribution in [-0.2, 0) is 12.8 Å². The highest BCUT2D eigenvalue weighted by Crippen LogP contribution is 2.52. The van der Waals surface area contributed by atoms with Crippen LogP contribution in [0, 0.1) is 11.3 Å². The number of fused-ring (bicyclic) bond motifs is 5. The van der Waals surface area contributed by atoms with E-state index in [4.69, 9.17) is 4.98 Å². The summed E-state index contributed by atoms with van der Waals surface area (Å²) in [5.74, 6) is 0.595. The molecule has 0 amide bonds. The Morgan fingerprint density at radius 2 is 1.65 bits per heavy atom. The maximum Gasteiger partial charge on any atom is 0.0803 e. The van der Waals surface area contributed by atoms with E-state index in [1.165, 1.54) is 58.8 Å². The topological polar surface area (TPSA) is 12.9 Å². The minimum atomic E-state index is 0.234. The lowest BCUT2D eigenvalue weighted by molar-refractivity contribution is 0.413. The van der Waals surface area contributed by atoms with Crippen molar-refractivity contribution in [1.29, 1.82) is 0 Å². The number of nitrogens with zero attached hydrogens (tertiary/aromatic N) is 1. The summed E-state index contributed by atoms with van der Waals surface area (Å²) >= 11 is 1.95. The fraction of sp³-hybridized carbons (Fsp3) is 0.281. The third-order valence-corrected chi connectivity index (χ3v) is 8.05. The smallest absolute Gasteiger partial charge is 0.0803 e. The zero-order chi connectivity index (χ0) is 23.6. The summed E-state index contributed by atoms with van der Waals surface area (Å²) in [6, 6.07) is 22.7. The Labute approximate surface area is 206 Å². The van der Waals surface area contributed by atoms with Gasteiger partial charge in [-0.15, -0.1) is 0 Å². The van der Waals surface area contributed by atoms with E-state index in [9.17, 15) is 0 Å². The zero-order valence-corrected chi connectivity index (χ0v) is 21.5. The van der Waals surface area contributed by atoms with E-state index in [2.05, 4.69) is 95.3 Å². The fourth-order valence-electron chi connectivity index (χ4n) is 5.62. The lowest BCUT2D eigenvalue weighted by Gasteiger charge is -2.26. The predicted octanol–water partition coefficient (Wildman–Crippen LogP) is 9.46. The molecule has 170 valence electrons. The maximum atomic E-state index is 5.00. The average molecular weight is 462 g/mol. The lowest BCUT2D eigenvalue weighted by Crippen LogP contribution is -2.09. The van der Waals surface area contributed by atoms with Gasteiger partial charge in [-0.2, -0.15) is 0 Å². The Hall–Kier alpha value is -2.84. The van der Waals surface area contributed by atoms with Gasteiger partial charge in [-0.1, -0.05) is 88.8 Å². The molecule has 0 bridgehead atoms. The molecule has 0 N–H and O–H groups in total. The van der Waals surface area contributed by atoms with Crippen molar-refractivity contribution in [3.63, 3.8) is 0 Å². The molecular weight excluding hydrogens is 430 g/mol. The van der Waals surface area contributed by atoms with Crippen LogP contribution in [0.4, 0.5) is 0 Å². The normalized spacial score (nSPS) is 13.2. The van der Waals surface area contributed by atoms with Crippen molar-refractivity contribution in [1.82, 2.24) is 4.98 Å². The fourth-order valence-corrected chi connectivity index (χ4v) is 6.92. The maximum absolute atomic E-state index is 5.00. The van der Waals surface area contributed by atoms with Gasteiger partial charge in [0, 0.05) is 26.9 Å². The molecule has 1 aliphatic rings. The highest BCUT2D eigenvalue weighted by Gasteiger charge is 2.26. The van der Waals surface area contributed by atoms with Crippen LogP contribution in [-0.4, -0.2) is 4.98 Å². The Morgan fingerprint density at radius 3 is 2.44 bits per heavy atom. The first kappa shape index (κ1) is 21.7. The summed E-state index contributed by atoms with van der Waals surface area (Å²) < 4.78 is 0. The van der Waals surface area contributed by atoms with Crippen LogP contribution in [0.5, 0.6) is 0 Å². The Kier molecular flexibility index (Phi) is 5.00. The van der Waals surface area contributed by atoms with Crippen LogP contribution < -0.4 is 0 Å². The molecule has 2 heterocycles. The van der Waals surface area contributed by atoms with Gasteiger partial charge in [0.2, 0.25) is 0 Å². The molecule has 4 aromatic carbocycles. The van der Waals surface area contributed by atoms with E-state index in [0.29, 0.717) is 5.92 Å². The number of hydrogen-bond donors (Lipinski definition) is 0. The minimum Gasteiger partial charge on any atom is -0.256 e. The summed E-state index contributed by atoms with van der Waals surface area (Å²) in [5, 5.41) is 8.09. The molecule has 0 aliphatic carbocycles. The van der Waals surface area contributed by atoms with Gasteiger partial charge in [0.05, 0.1) is 5.69 Å². The third-order valence-electron chi connectivity index (χ3n) is 6.84. The Balaban J connectivity index is 1.70. The van der Waals surface area contributed by atoms with Crippen LogP contribution in [0.15, 0.2) is 76.7 Å². The van der Waals surface area contributed by atoms with Crippen LogP contribution >= 0.6 is 11.8 Å². The highest BCUT2D eigenvalue weighted by molar-refractivity contribution is 8.00. The molecule has 0 unspecified atom stereocenters. The second-order valence-corrected chi connectivity index (χ2v) is 12.4. The second kappa shape index (κ2) is 7.85. The first-order chi connectivity index (χ1) is 16.3. The third kappa shape index (κ3) is 3.51. The van der Waals surface area contributed by atoms with Gasteiger partial charge in [0.15, 0.2) is 0 Å². The van der Waals surface area contributed by atoms with Crippen molar-refractivity contribution >= 4 is 44.1 Å². The van der Waals surface area contributed by atoms with Crippen LogP contribution in [0.3, 0.4) is 0 Å². The van der Waals surface area contributed by atoms with Crippen molar-refractivity contribution < 1.29 is 0 Å². The van der Waals surface area contributed by atoms with E-state index >= 15 is 0 Å². The molecule has 6 rings (SSSR count). The number of rotatable bonds is 3. The number of aromatic nitrogens is 1. The number of hydrogen-bond acceptors (Lipinski definition) is 2. The van der Waals surface area contributed by atoms with Crippen molar-refractivity contribution in [3.05, 3.63) is 78.0 Å². The van der Waals surface area contributed by atoms with Gasteiger partial charge in [0.1, 0.15) is 0 Å². The number of benzene rings is 4. The van der Waals surface area contributed by atoms with Crippen LogP contribution in [0.1, 0.15) is 45.7 Å². The van der Waals surface area contributed by atoms with E-state index in [1.807, 2.05) is 18.0 Å². The van der Waals surface area contributed by atoms with Crippen molar-refractivity contribution in [3.8, 4) is 11.3 Å². The summed E-state index contributed by atoms with van der Waals surface area (Å²) in [6.45, 7) is 11.6. The minimum absolute atomic E-state index is 0.234. The van der Waals surface area contributed by atoms with Gasteiger partial charge in [0.25, 0.3) is 0 Å². The van der Waals surface area contributed by atoms with Gasteiger partial charge in [-0.3, -0.25) is 4.98 Å². The van der Waals surface area contributed by atoms with Gasteiger partial charge in [-0.25, -0.2) is 0 Å². The van der Waals surface area contributed by atoms with Crippen molar-refractivity contribution in [2.24, 2.45) is 11.3 Å². The molecule has 0 spiro atoms. The largest absolute Gasteiger partial charge is 0.256 e. The van der Waals surface area contributed by atoms with Crippen LogP contribution in [0.25, 0.3) is 43.6 Å². The molecule has 5 aromatic rings. The molecule has 0 radical (unpaired) electrons. The summed E-state index contributed by atoms with van der Waals surface area (Å²) in [4.78, 5) is 7.74. The molecule has 0 saturated heterocycles. The van der Waals surface area contributed by atoms with E-state index in [0.717, 1.165) is 18.5 Å². The standard InChI is InChI=1S/C32H31NS/c1-19(2)15-25-23-12-7-6-9-20(23)16-26-30-29-24(13-14-33-30)28-21(17-27(29)34-31(25)26)10-8-11-22(28)18-32(3,4)5/h6-14,16-17,19H,15,18H2,1-5H3. The summed E-state index contributed by atoms with van der Waals surface area (Å²) in [6.07, 6.45) is 4.15. The first-order valence-corrected chi connectivity index (χ1v) is 13.2. The first-order valence-electron chi connectivity index (χ1n) is 12.4. The molecule has 0 atom stereocenters. The molecule has 34 heavy (non-hydrogen) atoms. The molecule has 1 aliphatic heterocycles. The van der Waals surface area contributed by atoms with E-state index in [-0.39, 0.29) is 5.41 Å². The molecule has 2 heteroatoms. The second-order valence-electron chi connectivity index (χ2n) is 11.4. The number of pyridine rings is 1. The Morgan fingerprint density at radius 1 is 0.853 bits per heavy atom. The molecule has 1 nitrogen and oxygen atoms in total. The van der Waals surface area contributed by atoms with E-state index < -0.39 is 0 Å². The van der Waals surface area contributed by atoms with Crippen molar-refractivity contribution in [2.45, 2.75) is 57.3 Å². The summed E-state index contributed by atoms with van der Waals surface area (Å²) in [5.41, 5.74) is 5.58. The molecule has 0 saturated carbocycles. The van der Waals surface area contributed by atoms with Gasteiger partial charge in [-0.05, 0) is 80.4 Å². The Bertz CT molecular complexity index is 1590. The van der Waals surface area contributed by atoms with E-state index in [1.54, 1.807) is 0 Å². The summed E-state index contributed by atoms with van der Waals surface area (Å²) in [7, 11) is 0. The van der Waals surface area contributed by atoms with Gasteiger partial charge < -0.3 is 0 Å². The molecule has 1 aromatic heterocycles. The lowest BCUT2D eigenvalue weighted by atomic mass is 9.84. The van der Waals surface area contributed by atoms with Crippen molar-refractivity contribution in [2.75, 3.05) is 0 Å². The quantitative estimate of drug-likeness (QED) is 0.243. The average Bonchev–Trinajstić information content (AvgIpc) is 2.78. The highest BCUT2D eigenvalue weighted by atomic mass is 32.2. The predicted molar refractivity (Wildman–Crippen MR) is 148 cm³/mol. The van der Waals surface area contributed by atoms with Crippen LogP contribution in [0.2, 0.25) is 0 Å². The molecular formula is C32H31NS.